The fraction of sp³-hybridized carbons (Fsp3) is 0.300. The third kappa shape index (κ3) is 7.55. The normalized spacial score (nSPS) is 16.9. The number of nitrogens with zero attached hydrogens (tertiary/aromatic N) is 5. The van der Waals surface area contributed by atoms with Gasteiger partial charge in [0.15, 0.2) is 17.3 Å². The maximum absolute atomic E-state index is 15.5. The van der Waals surface area contributed by atoms with Crippen molar-refractivity contribution in [2.75, 3.05) is 13.4 Å². The lowest BCUT2D eigenvalue weighted by atomic mass is 9.97. The van der Waals surface area contributed by atoms with Crippen LogP contribution in [0.5, 0.6) is 5.75 Å². The van der Waals surface area contributed by atoms with Gasteiger partial charge in [0.05, 0.1) is 48.4 Å². The number of hydrogen-bond donors (Lipinski definition) is 1. The number of aromatic carboxylic acids is 1. The molecule has 1 N–H and O–H groups in total. The third-order valence-electron chi connectivity index (χ3n) is 7.86. The second kappa shape index (κ2) is 13.2. The second-order valence-electron chi connectivity index (χ2n) is 11.4. The van der Waals surface area contributed by atoms with Crippen LogP contribution in [0.25, 0.3) is 16.8 Å². The summed E-state index contributed by atoms with van der Waals surface area (Å²) in [5, 5.41) is 11.9. The average Bonchev–Trinajstić information content (AvgIpc) is 3.61. The topological polar surface area (TPSA) is 154 Å². The van der Waals surface area contributed by atoms with Gasteiger partial charge in [-0.05, 0) is 36.8 Å². The quantitative estimate of drug-likeness (QED) is 0.151. The summed E-state index contributed by atoms with van der Waals surface area (Å²) in [6, 6.07) is 0.528. The van der Waals surface area contributed by atoms with E-state index in [9.17, 15) is 62.6 Å². The largest absolute Gasteiger partial charge is 0.493 e. The summed E-state index contributed by atoms with van der Waals surface area (Å²) in [6.07, 6.45) is -17.1. The Hall–Kier alpha value is -5.48. The van der Waals surface area contributed by atoms with Crippen molar-refractivity contribution >= 4 is 21.9 Å². The Kier molecular flexibility index (Phi) is 9.63. The van der Waals surface area contributed by atoms with Gasteiger partial charge >= 0.3 is 30.6 Å². The van der Waals surface area contributed by atoms with Gasteiger partial charge in [-0.25, -0.2) is 37.0 Å². The van der Waals surface area contributed by atoms with Gasteiger partial charge in [-0.15, -0.1) is 0 Å². The number of carboxylic acid groups (broad SMARTS) is 1. The lowest BCUT2D eigenvalue weighted by Crippen LogP contribution is -2.32. The number of aromatic nitrogens is 4. The Morgan fingerprint density at radius 3 is 2.06 bits per heavy atom. The molecule has 1 aliphatic rings. The van der Waals surface area contributed by atoms with Gasteiger partial charge < -0.3 is 14.6 Å². The predicted molar refractivity (Wildman–Crippen MR) is 157 cm³/mol. The van der Waals surface area contributed by atoms with Gasteiger partial charge in [0.25, 0.3) is 0 Å². The van der Waals surface area contributed by atoms with Crippen molar-refractivity contribution in [3.63, 3.8) is 0 Å². The summed E-state index contributed by atoms with van der Waals surface area (Å²) in [7, 11) is -3.30. The van der Waals surface area contributed by atoms with Crippen LogP contribution in [0.2, 0.25) is 0 Å². The van der Waals surface area contributed by atoms with Crippen molar-refractivity contribution in [3.8, 4) is 22.6 Å². The highest BCUT2D eigenvalue weighted by atomic mass is 32.2. The maximum Gasteiger partial charge on any atom is 0.434 e. The number of carbonyl (C=O) groups excluding carboxylic acids is 1. The van der Waals surface area contributed by atoms with Crippen molar-refractivity contribution in [2.45, 2.75) is 49.3 Å². The Bertz CT molecular complexity index is 2210. The summed E-state index contributed by atoms with van der Waals surface area (Å²) < 4.78 is 174. The van der Waals surface area contributed by atoms with Crippen LogP contribution in [0.4, 0.5) is 48.7 Å². The molecule has 0 spiro atoms. The number of rotatable bonds is 8. The highest BCUT2D eigenvalue weighted by Crippen LogP contribution is 2.43. The smallest absolute Gasteiger partial charge is 0.434 e. The Morgan fingerprint density at radius 1 is 0.943 bits per heavy atom. The fourth-order valence-corrected chi connectivity index (χ4v) is 5.99. The molecule has 0 radical (unpaired) electrons. The van der Waals surface area contributed by atoms with Gasteiger partial charge in [-0.3, -0.25) is 4.90 Å². The van der Waals surface area contributed by atoms with Crippen LogP contribution in [0.1, 0.15) is 51.5 Å². The molecule has 1 aliphatic heterocycles. The number of alkyl halides is 9. The number of methoxy groups -OCH3 is 1. The van der Waals surface area contributed by atoms with Crippen molar-refractivity contribution in [1.29, 1.82) is 0 Å². The SMILES string of the molecule is COc1c(F)cc(-n2ncc(C(=O)O)c2C(F)(F)F)cc1-c1cnc(S(C)(=O)=O)nc1CN1C(=O)O[C@H](c2cc(C(F)(F)F)cc(C(F)(F)F)c2)[C@@H]1C. The van der Waals surface area contributed by atoms with E-state index in [0.29, 0.717) is 30.7 Å². The maximum atomic E-state index is 15.5. The molecule has 0 unspecified atom stereocenters. The molecule has 2 aromatic carbocycles. The first-order valence-electron chi connectivity index (χ1n) is 14.4. The van der Waals surface area contributed by atoms with E-state index >= 15 is 4.39 Å². The van der Waals surface area contributed by atoms with E-state index in [1.165, 1.54) is 6.92 Å². The zero-order chi connectivity index (χ0) is 39.6. The Balaban J connectivity index is 1.66. The molecule has 2 atom stereocenters. The minimum absolute atomic E-state index is 0.0651. The van der Waals surface area contributed by atoms with Crippen LogP contribution in [-0.4, -0.2) is 69.6 Å². The molecule has 5 rings (SSSR count). The average molecular weight is 786 g/mol. The zero-order valence-corrected chi connectivity index (χ0v) is 27.5. The molecule has 53 heavy (non-hydrogen) atoms. The third-order valence-corrected chi connectivity index (χ3v) is 8.72. The molecular weight excluding hydrogens is 764 g/mol. The lowest BCUT2D eigenvalue weighted by Gasteiger charge is -2.23. The standard InChI is InChI=1S/C30H21F10N5O7S/c1-12-22(13-4-14(28(32,33)34)6-15(5-13)29(35,36)37)52-27(48)44(12)11-21-18(9-41-26(43-21)53(3,49)50)17-7-16(8-20(31)23(17)51-2)45-24(30(38,39)40)19(10-42-45)25(46)47/h4-10,12,22H,11H2,1-3H3,(H,46,47)/t12-,22-/m0/s1. The van der Waals surface area contributed by atoms with E-state index in [0.717, 1.165) is 24.3 Å². The van der Waals surface area contributed by atoms with E-state index in [4.69, 9.17) is 9.47 Å². The summed E-state index contributed by atoms with van der Waals surface area (Å²) in [6.45, 7) is 0.342. The fourth-order valence-electron chi connectivity index (χ4n) is 5.47. The summed E-state index contributed by atoms with van der Waals surface area (Å²) in [5.74, 6) is -4.06. The first-order valence-corrected chi connectivity index (χ1v) is 16.3. The van der Waals surface area contributed by atoms with Crippen LogP contribution in [0.15, 0.2) is 47.9 Å². The van der Waals surface area contributed by atoms with Gasteiger partial charge in [-0.1, -0.05) is 0 Å². The summed E-state index contributed by atoms with van der Waals surface area (Å²) >= 11 is 0. The number of carboxylic acids is 1. The molecule has 12 nitrogen and oxygen atoms in total. The summed E-state index contributed by atoms with van der Waals surface area (Å²) in [5.41, 5.74) is -9.29. The molecule has 1 saturated heterocycles. The summed E-state index contributed by atoms with van der Waals surface area (Å²) in [4.78, 5) is 33.0. The van der Waals surface area contributed by atoms with Crippen molar-refractivity contribution in [1.82, 2.24) is 24.6 Å². The van der Waals surface area contributed by atoms with E-state index < -0.39 is 126 Å². The van der Waals surface area contributed by atoms with Crippen molar-refractivity contribution < 1.29 is 76.5 Å². The van der Waals surface area contributed by atoms with E-state index in [1.807, 2.05) is 0 Å². The monoisotopic (exact) mass is 785 g/mol. The minimum Gasteiger partial charge on any atom is -0.493 e. The van der Waals surface area contributed by atoms with Crippen LogP contribution < -0.4 is 4.74 Å². The number of hydrogen-bond acceptors (Lipinski definition) is 9. The molecule has 0 saturated carbocycles. The first-order chi connectivity index (χ1) is 24.3. The van der Waals surface area contributed by atoms with Crippen LogP contribution in [-0.2, 0) is 39.6 Å². The minimum atomic E-state index is -5.34. The van der Waals surface area contributed by atoms with Gasteiger partial charge in [-0.2, -0.15) is 44.6 Å². The highest BCUT2D eigenvalue weighted by molar-refractivity contribution is 7.90. The number of sulfone groups is 1. The molecule has 0 aliphatic carbocycles. The molecule has 1 amide bonds. The highest BCUT2D eigenvalue weighted by Gasteiger charge is 2.44. The molecule has 2 aromatic heterocycles. The Morgan fingerprint density at radius 2 is 1.55 bits per heavy atom. The van der Waals surface area contributed by atoms with E-state index in [-0.39, 0.29) is 10.7 Å². The van der Waals surface area contributed by atoms with Crippen molar-refractivity contribution in [3.05, 3.63) is 82.2 Å². The zero-order valence-electron chi connectivity index (χ0n) is 26.7. The molecular formula is C30H21F10N5O7S. The number of ether oxygens (including phenoxy) is 2. The Labute approximate surface area is 290 Å². The number of amides is 1. The molecule has 4 aromatic rings. The lowest BCUT2D eigenvalue weighted by molar-refractivity contribution is -0.144. The second-order valence-corrected chi connectivity index (χ2v) is 13.3. The molecule has 0 bridgehead atoms. The predicted octanol–water partition coefficient (Wildman–Crippen LogP) is 6.72. The van der Waals surface area contributed by atoms with E-state index in [2.05, 4.69) is 15.1 Å². The van der Waals surface area contributed by atoms with Gasteiger partial charge in [0, 0.05) is 29.6 Å². The molecule has 23 heteroatoms. The molecule has 3 heterocycles. The van der Waals surface area contributed by atoms with Gasteiger partial charge in [0.1, 0.15) is 11.7 Å². The van der Waals surface area contributed by atoms with E-state index in [1.54, 1.807) is 0 Å². The number of carbonyl (C=O) groups is 2. The number of halogens is 10. The van der Waals surface area contributed by atoms with Crippen LogP contribution in [0.3, 0.4) is 0 Å². The molecule has 284 valence electrons. The van der Waals surface area contributed by atoms with Crippen LogP contribution in [0, 0.1) is 5.82 Å². The van der Waals surface area contributed by atoms with Crippen LogP contribution >= 0.6 is 0 Å². The number of cyclic esters (lactones) is 1. The number of benzene rings is 2. The molecule has 1 fully saturated rings. The van der Waals surface area contributed by atoms with Crippen molar-refractivity contribution in [2.24, 2.45) is 0 Å². The first kappa shape index (κ1) is 38.7. The van der Waals surface area contributed by atoms with Gasteiger partial charge in [0.2, 0.25) is 15.0 Å².